The summed E-state index contributed by atoms with van der Waals surface area (Å²) in [6.45, 7) is 3.51. The molecule has 126 valence electrons. The molecule has 1 amide bonds. The maximum absolute atomic E-state index is 12.6. The van der Waals surface area contributed by atoms with E-state index >= 15 is 0 Å². The molecule has 2 fully saturated rings. The minimum atomic E-state index is -0.802. The quantitative estimate of drug-likeness (QED) is 0.906. The molecule has 0 unspecified atom stereocenters. The van der Waals surface area contributed by atoms with E-state index in [0.717, 1.165) is 18.9 Å². The summed E-state index contributed by atoms with van der Waals surface area (Å²) >= 11 is 0. The second kappa shape index (κ2) is 6.84. The Morgan fingerprint density at radius 3 is 2.52 bits per heavy atom. The van der Waals surface area contributed by atoms with Crippen LogP contribution in [-0.4, -0.2) is 66.4 Å². The molecule has 0 bridgehead atoms. The number of piperidine rings is 1. The molecule has 23 heavy (non-hydrogen) atoms. The molecule has 0 saturated carbocycles. The highest BCUT2D eigenvalue weighted by molar-refractivity contribution is 5.94. The first-order valence-electron chi connectivity index (χ1n) is 8.33. The van der Waals surface area contributed by atoms with Crippen LogP contribution in [0.25, 0.3) is 0 Å². The first kappa shape index (κ1) is 16.2. The van der Waals surface area contributed by atoms with Gasteiger partial charge in [-0.1, -0.05) is 0 Å². The number of aliphatic hydroxyl groups is 1. The fourth-order valence-corrected chi connectivity index (χ4v) is 3.37. The van der Waals surface area contributed by atoms with Crippen molar-refractivity contribution < 1.29 is 14.6 Å². The van der Waals surface area contributed by atoms with Gasteiger partial charge in [0, 0.05) is 39.5 Å². The maximum atomic E-state index is 12.6. The lowest BCUT2D eigenvalue weighted by Gasteiger charge is -2.37. The van der Waals surface area contributed by atoms with Crippen LogP contribution in [0.2, 0.25) is 0 Å². The molecule has 6 heteroatoms. The van der Waals surface area contributed by atoms with Crippen LogP contribution in [0, 0.1) is 0 Å². The molecule has 0 spiro atoms. The first-order valence-corrected chi connectivity index (χ1v) is 8.33. The third-order valence-electron chi connectivity index (χ3n) is 4.82. The highest BCUT2D eigenvalue weighted by atomic mass is 16.5. The normalized spacial score (nSPS) is 20.8. The largest absolute Gasteiger partial charge is 0.387 e. The molecule has 1 N–H and O–H groups in total. The van der Waals surface area contributed by atoms with Gasteiger partial charge in [-0.05, 0) is 37.8 Å². The van der Waals surface area contributed by atoms with Crippen LogP contribution in [0.3, 0.4) is 0 Å². The second-order valence-electron chi connectivity index (χ2n) is 6.55. The molecule has 0 atom stereocenters. The molecular formula is C17H25N3O3. The zero-order valence-corrected chi connectivity index (χ0v) is 13.7. The van der Waals surface area contributed by atoms with E-state index in [0.29, 0.717) is 38.1 Å². The molecule has 0 aromatic carbocycles. The maximum Gasteiger partial charge on any atom is 0.255 e. The van der Waals surface area contributed by atoms with Crippen LogP contribution in [0.1, 0.15) is 36.0 Å². The van der Waals surface area contributed by atoms with Crippen molar-refractivity contribution in [2.75, 3.05) is 44.8 Å². The number of likely N-dealkylation sites (tertiary alicyclic amines) is 1. The van der Waals surface area contributed by atoms with E-state index in [9.17, 15) is 9.90 Å². The highest BCUT2D eigenvalue weighted by Crippen LogP contribution is 2.24. The molecular weight excluding hydrogens is 294 g/mol. The third-order valence-corrected chi connectivity index (χ3v) is 4.82. The van der Waals surface area contributed by atoms with Gasteiger partial charge in [-0.15, -0.1) is 0 Å². The van der Waals surface area contributed by atoms with Crippen LogP contribution >= 0.6 is 0 Å². The van der Waals surface area contributed by atoms with Gasteiger partial charge in [-0.25, -0.2) is 4.98 Å². The number of rotatable bonds is 4. The monoisotopic (exact) mass is 319 g/mol. The zero-order chi connectivity index (χ0) is 16.3. The number of pyridine rings is 1. The number of carbonyl (C=O) groups is 1. The lowest BCUT2D eigenvalue weighted by Crippen LogP contribution is -2.48. The third kappa shape index (κ3) is 3.64. The topological polar surface area (TPSA) is 65.9 Å². The van der Waals surface area contributed by atoms with Crippen molar-refractivity contribution in [1.82, 2.24) is 9.88 Å². The molecule has 2 aliphatic rings. The van der Waals surface area contributed by atoms with E-state index in [-0.39, 0.29) is 5.91 Å². The Kier molecular flexibility index (Phi) is 4.82. The molecule has 2 saturated heterocycles. The van der Waals surface area contributed by atoms with Crippen molar-refractivity contribution in [1.29, 1.82) is 0 Å². The Morgan fingerprint density at radius 2 is 1.96 bits per heavy atom. The predicted molar refractivity (Wildman–Crippen MR) is 87.6 cm³/mol. The molecule has 0 radical (unpaired) electrons. The van der Waals surface area contributed by atoms with Crippen molar-refractivity contribution in [3.8, 4) is 0 Å². The molecule has 1 aromatic heterocycles. The van der Waals surface area contributed by atoms with E-state index in [1.165, 1.54) is 12.8 Å². The summed E-state index contributed by atoms with van der Waals surface area (Å²) in [4.78, 5) is 21.0. The molecule has 1 aromatic rings. The zero-order valence-electron chi connectivity index (χ0n) is 13.7. The smallest absolute Gasteiger partial charge is 0.255 e. The molecule has 3 heterocycles. The summed E-state index contributed by atoms with van der Waals surface area (Å²) in [5.41, 5.74) is -0.186. The fourth-order valence-electron chi connectivity index (χ4n) is 3.37. The summed E-state index contributed by atoms with van der Waals surface area (Å²) in [7, 11) is 1.59. The van der Waals surface area contributed by atoms with E-state index in [1.807, 2.05) is 12.1 Å². The van der Waals surface area contributed by atoms with Gasteiger partial charge in [0.05, 0.1) is 17.8 Å². The van der Waals surface area contributed by atoms with Crippen LogP contribution in [0.5, 0.6) is 0 Å². The number of anilines is 1. The predicted octanol–water partition coefficient (Wildman–Crippen LogP) is 1.30. The van der Waals surface area contributed by atoms with Crippen LogP contribution in [0.15, 0.2) is 18.3 Å². The number of carbonyl (C=O) groups excluding carboxylic acids is 1. The van der Waals surface area contributed by atoms with Crippen molar-refractivity contribution >= 4 is 11.7 Å². The lowest BCUT2D eigenvalue weighted by molar-refractivity contribution is -0.0662. The van der Waals surface area contributed by atoms with Gasteiger partial charge in [0.15, 0.2) is 0 Å². The number of nitrogens with zero attached hydrogens (tertiary/aromatic N) is 3. The Balaban J connectivity index is 1.60. The van der Waals surface area contributed by atoms with Crippen molar-refractivity contribution in [2.24, 2.45) is 0 Å². The summed E-state index contributed by atoms with van der Waals surface area (Å²) in [5, 5.41) is 10.3. The number of hydrogen-bond donors (Lipinski definition) is 1. The molecule has 6 nitrogen and oxygen atoms in total. The van der Waals surface area contributed by atoms with Gasteiger partial charge in [-0.2, -0.15) is 0 Å². The number of hydrogen-bond acceptors (Lipinski definition) is 5. The van der Waals surface area contributed by atoms with Gasteiger partial charge >= 0.3 is 0 Å². The van der Waals surface area contributed by atoms with E-state index < -0.39 is 5.60 Å². The second-order valence-corrected chi connectivity index (χ2v) is 6.55. The Morgan fingerprint density at radius 1 is 1.26 bits per heavy atom. The van der Waals surface area contributed by atoms with E-state index in [4.69, 9.17) is 4.74 Å². The van der Waals surface area contributed by atoms with Gasteiger partial charge in [-0.3, -0.25) is 4.79 Å². The van der Waals surface area contributed by atoms with Crippen molar-refractivity contribution in [2.45, 2.75) is 31.3 Å². The number of methoxy groups -OCH3 is 1. The number of ether oxygens (including phenoxy) is 1. The van der Waals surface area contributed by atoms with Crippen LogP contribution < -0.4 is 4.90 Å². The highest BCUT2D eigenvalue weighted by Gasteiger charge is 2.34. The average molecular weight is 319 g/mol. The van der Waals surface area contributed by atoms with Gasteiger partial charge < -0.3 is 19.6 Å². The van der Waals surface area contributed by atoms with Crippen molar-refractivity contribution in [3.63, 3.8) is 0 Å². The van der Waals surface area contributed by atoms with E-state index in [2.05, 4.69) is 9.88 Å². The minimum absolute atomic E-state index is 0.00932. The van der Waals surface area contributed by atoms with E-state index in [1.54, 1.807) is 18.2 Å². The average Bonchev–Trinajstić information content (AvgIpc) is 3.10. The van der Waals surface area contributed by atoms with Crippen molar-refractivity contribution in [3.05, 3.63) is 23.9 Å². The van der Waals surface area contributed by atoms with Gasteiger partial charge in [0.25, 0.3) is 5.91 Å². The summed E-state index contributed by atoms with van der Waals surface area (Å²) in [6, 6.07) is 3.79. The van der Waals surface area contributed by atoms with Gasteiger partial charge in [0.1, 0.15) is 5.82 Å². The standard InChI is InChI=1S/C17H25N3O3/c1-23-13-17(22)6-10-20(11-7-17)16(21)14-4-5-15(18-12-14)19-8-2-3-9-19/h4-5,12,22H,2-3,6-11,13H2,1H3. The van der Waals surface area contributed by atoms with Crippen LogP contribution in [-0.2, 0) is 4.74 Å². The Bertz CT molecular complexity index is 533. The summed E-state index contributed by atoms with van der Waals surface area (Å²) in [6.07, 6.45) is 5.19. The lowest BCUT2D eigenvalue weighted by atomic mass is 9.92. The Labute approximate surface area is 137 Å². The Hall–Kier alpha value is -1.66. The SMILES string of the molecule is COCC1(O)CCN(C(=O)c2ccc(N3CCCC3)nc2)CC1. The summed E-state index contributed by atoms with van der Waals surface area (Å²) < 4.78 is 5.06. The number of amides is 1. The molecule has 0 aliphatic carbocycles. The fraction of sp³-hybridized carbons (Fsp3) is 0.647. The van der Waals surface area contributed by atoms with Gasteiger partial charge in [0.2, 0.25) is 0 Å². The molecule has 3 rings (SSSR count). The molecule has 2 aliphatic heterocycles. The summed E-state index contributed by atoms with van der Waals surface area (Å²) in [5.74, 6) is 0.942. The minimum Gasteiger partial charge on any atom is -0.387 e. The van der Waals surface area contributed by atoms with Crippen LogP contribution in [0.4, 0.5) is 5.82 Å². The first-order chi connectivity index (χ1) is 11.1. The number of aromatic nitrogens is 1.